The van der Waals surface area contributed by atoms with Gasteiger partial charge in [-0.3, -0.25) is 0 Å². The summed E-state index contributed by atoms with van der Waals surface area (Å²) in [6.45, 7) is 2.17. The summed E-state index contributed by atoms with van der Waals surface area (Å²) in [5.41, 5.74) is 1.29. The Kier molecular flexibility index (Phi) is 5.49. The van der Waals surface area contributed by atoms with Crippen LogP contribution in [-0.4, -0.2) is 26.4 Å². The third kappa shape index (κ3) is 4.31. The zero-order chi connectivity index (χ0) is 12.6. The quantitative estimate of drug-likeness (QED) is 0.754. The lowest BCUT2D eigenvalue weighted by molar-refractivity contribution is 0.146. The number of nitrogens with one attached hydrogen (secondary N) is 1. The molecule has 1 aliphatic rings. The van der Waals surface area contributed by atoms with Crippen molar-refractivity contribution in [3.63, 3.8) is 0 Å². The SMILES string of the molecule is COCCOc1cccc(CNC2CCCC2)c1. The summed E-state index contributed by atoms with van der Waals surface area (Å²) >= 11 is 0. The Hall–Kier alpha value is -1.06. The highest BCUT2D eigenvalue weighted by Crippen LogP contribution is 2.19. The van der Waals surface area contributed by atoms with Gasteiger partial charge in [-0.1, -0.05) is 25.0 Å². The Labute approximate surface area is 109 Å². The Balaban J connectivity index is 1.78. The molecule has 0 heterocycles. The van der Waals surface area contributed by atoms with Gasteiger partial charge < -0.3 is 14.8 Å². The first kappa shape index (κ1) is 13.4. The molecule has 0 atom stereocenters. The molecule has 0 bridgehead atoms. The van der Waals surface area contributed by atoms with Gasteiger partial charge in [0.1, 0.15) is 12.4 Å². The zero-order valence-electron chi connectivity index (χ0n) is 11.2. The predicted molar refractivity (Wildman–Crippen MR) is 72.9 cm³/mol. The van der Waals surface area contributed by atoms with Crippen LogP contribution in [0.25, 0.3) is 0 Å². The summed E-state index contributed by atoms with van der Waals surface area (Å²) in [7, 11) is 1.69. The van der Waals surface area contributed by atoms with E-state index in [0.29, 0.717) is 19.3 Å². The maximum atomic E-state index is 5.61. The number of ether oxygens (including phenoxy) is 2. The number of rotatable bonds is 7. The summed E-state index contributed by atoms with van der Waals surface area (Å²) in [6.07, 6.45) is 5.39. The van der Waals surface area contributed by atoms with E-state index in [0.717, 1.165) is 12.3 Å². The second kappa shape index (κ2) is 7.39. The lowest BCUT2D eigenvalue weighted by Crippen LogP contribution is -2.25. The minimum absolute atomic E-state index is 0.607. The lowest BCUT2D eigenvalue weighted by atomic mass is 10.2. The molecule has 1 N–H and O–H groups in total. The van der Waals surface area contributed by atoms with E-state index in [1.807, 2.05) is 12.1 Å². The standard InChI is InChI=1S/C15H23NO2/c1-17-9-10-18-15-8-4-5-13(11-15)12-16-14-6-2-3-7-14/h4-5,8,11,14,16H,2-3,6-7,9-10,12H2,1H3. The molecule has 0 unspecified atom stereocenters. The van der Waals surface area contributed by atoms with Gasteiger partial charge in [-0.2, -0.15) is 0 Å². The van der Waals surface area contributed by atoms with Crippen molar-refractivity contribution in [1.82, 2.24) is 5.32 Å². The number of hydrogen-bond acceptors (Lipinski definition) is 3. The van der Waals surface area contributed by atoms with Gasteiger partial charge in [0, 0.05) is 19.7 Å². The average molecular weight is 249 g/mol. The molecular formula is C15H23NO2. The largest absolute Gasteiger partial charge is 0.491 e. The smallest absolute Gasteiger partial charge is 0.119 e. The highest BCUT2D eigenvalue weighted by molar-refractivity contribution is 5.28. The number of hydrogen-bond donors (Lipinski definition) is 1. The number of methoxy groups -OCH3 is 1. The highest BCUT2D eigenvalue weighted by Gasteiger charge is 2.13. The lowest BCUT2D eigenvalue weighted by Gasteiger charge is -2.12. The van der Waals surface area contributed by atoms with Crippen molar-refractivity contribution >= 4 is 0 Å². The van der Waals surface area contributed by atoms with E-state index in [-0.39, 0.29) is 0 Å². The molecular weight excluding hydrogens is 226 g/mol. The van der Waals surface area contributed by atoms with Crippen LogP contribution in [0.4, 0.5) is 0 Å². The molecule has 100 valence electrons. The van der Waals surface area contributed by atoms with Crippen molar-refractivity contribution < 1.29 is 9.47 Å². The Morgan fingerprint density at radius 2 is 2.06 bits per heavy atom. The van der Waals surface area contributed by atoms with Gasteiger partial charge in [0.05, 0.1) is 6.61 Å². The fraction of sp³-hybridized carbons (Fsp3) is 0.600. The van der Waals surface area contributed by atoms with Crippen LogP contribution in [-0.2, 0) is 11.3 Å². The van der Waals surface area contributed by atoms with E-state index in [4.69, 9.17) is 9.47 Å². The van der Waals surface area contributed by atoms with Crippen molar-refractivity contribution in [3.05, 3.63) is 29.8 Å². The summed E-state index contributed by atoms with van der Waals surface area (Å²) in [5, 5.41) is 3.61. The maximum Gasteiger partial charge on any atom is 0.119 e. The van der Waals surface area contributed by atoms with Gasteiger partial charge in [-0.25, -0.2) is 0 Å². The first-order valence-corrected chi connectivity index (χ1v) is 6.82. The molecule has 0 amide bonds. The molecule has 0 aliphatic heterocycles. The Morgan fingerprint density at radius 3 is 2.83 bits per heavy atom. The van der Waals surface area contributed by atoms with Gasteiger partial charge in [-0.05, 0) is 30.5 Å². The van der Waals surface area contributed by atoms with Gasteiger partial charge in [0.25, 0.3) is 0 Å². The molecule has 1 saturated carbocycles. The van der Waals surface area contributed by atoms with E-state index in [1.54, 1.807) is 7.11 Å². The van der Waals surface area contributed by atoms with Crippen molar-refractivity contribution in [2.24, 2.45) is 0 Å². The van der Waals surface area contributed by atoms with Crippen LogP contribution in [0.15, 0.2) is 24.3 Å². The van der Waals surface area contributed by atoms with E-state index in [1.165, 1.54) is 31.2 Å². The molecule has 1 aromatic rings. The molecule has 3 nitrogen and oxygen atoms in total. The normalized spacial score (nSPS) is 16.1. The van der Waals surface area contributed by atoms with Crippen molar-refractivity contribution in [2.45, 2.75) is 38.3 Å². The second-order valence-electron chi connectivity index (χ2n) is 4.85. The molecule has 0 radical (unpaired) electrons. The molecule has 18 heavy (non-hydrogen) atoms. The molecule has 2 rings (SSSR count). The van der Waals surface area contributed by atoms with Crippen LogP contribution in [0.1, 0.15) is 31.2 Å². The van der Waals surface area contributed by atoms with E-state index in [2.05, 4.69) is 17.4 Å². The first-order chi connectivity index (χ1) is 8.88. The fourth-order valence-electron chi connectivity index (χ4n) is 2.38. The minimum Gasteiger partial charge on any atom is -0.491 e. The molecule has 1 aromatic carbocycles. The Morgan fingerprint density at radius 1 is 1.22 bits per heavy atom. The van der Waals surface area contributed by atoms with Gasteiger partial charge in [-0.15, -0.1) is 0 Å². The van der Waals surface area contributed by atoms with Gasteiger partial charge in [0.2, 0.25) is 0 Å². The van der Waals surface area contributed by atoms with E-state index in [9.17, 15) is 0 Å². The summed E-state index contributed by atoms with van der Waals surface area (Å²) < 4.78 is 10.6. The monoisotopic (exact) mass is 249 g/mol. The average Bonchev–Trinajstić information content (AvgIpc) is 2.90. The van der Waals surface area contributed by atoms with Crippen LogP contribution in [0.3, 0.4) is 0 Å². The molecule has 1 fully saturated rings. The summed E-state index contributed by atoms with van der Waals surface area (Å²) in [6, 6.07) is 9.01. The van der Waals surface area contributed by atoms with Crippen molar-refractivity contribution in [1.29, 1.82) is 0 Å². The zero-order valence-corrected chi connectivity index (χ0v) is 11.2. The third-order valence-corrected chi connectivity index (χ3v) is 3.40. The summed E-state index contributed by atoms with van der Waals surface area (Å²) in [4.78, 5) is 0. The van der Waals surface area contributed by atoms with E-state index >= 15 is 0 Å². The molecule has 0 spiro atoms. The first-order valence-electron chi connectivity index (χ1n) is 6.82. The van der Waals surface area contributed by atoms with Crippen LogP contribution < -0.4 is 10.1 Å². The van der Waals surface area contributed by atoms with Crippen LogP contribution >= 0.6 is 0 Å². The molecule has 1 aliphatic carbocycles. The van der Waals surface area contributed by atoms with Crippen LogP contribution in [0.2, 0.25) is 0 Å². The highest BCUT2D eigenvalue weighted by atomic mass is 16.5. The Bertz CT molecular complexity index is 348. The van der Waals surface area contributed by atoms with Crippen molar-refractivity contribution in [2.75, 3.05) is 20.3 Å². The number of benzene rings is 1. The maximum absolute atomic E-state index is 5.61. The van der Waals surface area contributed by atoms with Crippen LogP contribution in [0, 0.1) is 0 Å². The van der Waals surface area contributed by atoms with Crippen LogP contribution in [0.5, 0.6) is 5.75 Å². The second-order valence-corrected chi connectivity index (χ2v) is 4.85. The van der Waals surface area contributed by atoms with E-state index < -0.39 is 0 Å². The summed E-state index contributed by atoms with van der Waals surface area (Å²) in [5.74, 6) is 0.928. The van der Waals surface area contributed by atoms with Gasteiger partial charge >= 0.3 is 0 Å². The third-order valence-electron chi connectivity index (χ3n) is 3.40. The predicted octanol–water partition coefficient (Wildman–Crippen LogP) is 2.74. The van der Waals surface area contributed by atoms with Gasteiger partial charge in [0.15, 0.2) is 0 Å². The fourth-order valence-corrected chi connectivity index (χ4v) is 2.38. The topological polar surface area (TPSA) is 30.5 Å². The van der Waals surface area contributed by atoms with Crippen molar-refractivity contribution in [3.8, 4) is 5.75 Å². The molecule has 0 aromatic heterocycles. The minimum atomic E-state index is 0.607. The molecule has 0 saturated heterocycles. The molecule has 3 heteroatoms.